The fourth-order valence-corrected chi connectivity index (χ4v) is 3.69. The Bertz CT molecular complexity index is 433. The lowest BCUT2D eigenvalue weighted by Crippen LogP contribution is -2.57. The summed E-state index contributed by atoms with van der Waals surface area (Å²) in [6.07, 6.45) is 0. The Balaban J connectivity index is 2.34. The molecule has 0 aliphatic carbocycles. The van der Waals surface area contributed by atoms with Crippen LogP contribution in [-0.4, -0.2) is 25.2 Å². The van der Waals surface area contributed by atoms with Gasteiger partial charge in [-0.2, -0.15) is 0 Å². The number of piperazine rings is 1. The van der Waals surface area contributed by atoms with E-state index >= 15 is 0 Å². The summed E-state index contributed by atoms with van der Waals surface area (Å²) in [5.74, 6) is 0.672. The van der Waals surface area contributed by atoms with Crippen molar-refractivity contribution >= 4 is 21.6 Å². The van der Waals surface area contributed by atoms with Crippen LogP contribution in [0.2, 0.25) is 0 Å². The second-order valence-corrected chi connectivity index (χ2v) is 7.06. The highest BCUT2D eigenvalue weighted by Crippen LogP contribution is 2.31. The smallest absolute Gasteiger partial charge is 0.0429 e. The maximum atomic E-state index is 3.67. The predicted octanol–water partition coefficient (Wildman–Crippen LogP) is 3.89. The monoisotopic (exact) mass is 324 g/mol. The Labute approximate surface area is 125 Å². The van der Waals surface area contributed by atoms with Gasteiger partial charge in [-0.25, -0.2) is 0 Å². The molecule has 0 amide bonds. The molecule has 1 aromatic carbocycles. The largest absolute Gasteiger partial charge is 0.366 e. The van der Waals surface area contributed by atoms with E-state index in [0.717, 1.165) is 13.1 Å². The first-order chi connectivity index (χ1) is 8.90. The molecule has 1 aromatic rings. The summed E-state index contributed by atoms with van der Waals surface area (Å²) in [5.41, 5.74) is 4.15. The number of aryl methyl sites for hydroxylation is 2. The first-order valence-electron chi connectivity index (χ1n) is 7.17. The van der Waals surface area contributed by atoms with Crippen molar-refractivity contribution in [3.63, 3.8) is 0 Å². The second-order valence-electron chi connectivity index (χ2n) is 6.15. The SMILES string of the molecule is Cc1cc(Br)cc(C)c1N1CC(C(C)C)NCC1C. The molecule has 0 radical (unpaired) electrons. The third kappa shape index (κ3) is 3.14. The van der Waals surface area contributed by atoms with Gasteiger partial charge in [-0.15, -0.1) is 0 Å². The van der Waals surface area contributed by atoms with Crippen molar-refractivity contribution in [2.24, 2.45) is 5.92 Å². The Morgan fingerprint density at radius 3 is 2.37 bits per heavy atom. The number of hydrogen-bond acceptors (Lipinski definition) is 2. The number of rotatable bonds is 2. The Kier molecular flexibility index (Phi) is 4.57. The number of halogens is 1. The van der Waals surface area contributed by atoms with Gasteiger partial charge in [-0.3, -0.25) is 0 Å². The summed E-state index contributed by atoms with van der Waals surface area (Å²) in [7, 11) is 0. The molecular weight excluding hydrogens is 300 g/mol. The molecule has 1 aliphatic heterocycles. The topological polar surface area (TPSA) is 15.3 Å². The Morgan fingerprint density at radius 2 is 1.84 bits per heavy atom. The second kappa shape index (κ2) is 5.84. The van der Waals surface area contributed by atoms with Crippen LogP contribution in [0.3, 0.4) is 0 Å². The zero-order valence-electron chi connectivity index (χ0n) is 12.6. The van der Waals surface area contributed by atoms with Crippen molar-refractivity contribution in [1.29, 1.82) is 0 Å². The lowest BCUT2D eigenvalue weighted by atomic mass is 9.97. The molecule has 2 rings (SSSR count). The molecule has 1 aliphatic rings. The van der Waals surface area contributed by atoms with Crippen molar-refractivity contribution < 1.29 is 0 Å². The lowest BCUT2D eigenvalue weighted by Gasteiger charge is -2.43. The van der Waals surface area contributed by atoms with Crippen molar-refractivity contribution in [1.82, 2.24) is 5.32 Å². The normalized spacial score (nSPS) is 24.1. The van der Waals surface area contributed by atoms with Crippen LogP contribution >= 0.6 is 15.9 Å². The number of nitrogens with one attached hydrogen (secondary N) is 1. The van der Waals surface area contributed by atoms with Gasteiger partial charge in [0.05, 0.1) is 0 Å². The van der Waals surface area contributed by atoms with Crippen LogP contribution in [0, 0.1) is 19.8 Å². The van der Waals surface area contributed by atoms with Crippen LogP contribution in [0.15, 0.2) is 16.6 Å². The van der Waals surface area contributed by atoms with Crippen LogP contribution in [0.4, 0.5) is 5.69 Å². The van der Waals surface area contributed by atoms with E-state index in [1.54, 1.807) is 0 Å². The van der Waals surface area contributed by atoms with E-state index in [1.165, 1.54) is 21.3 Å². The highest BCUT2D eigenvalue weighted by molar-refractivity contribution is 9.10. The van der Waals surface area contributed by atoms with Crippen LogP contribution in [0.5, 0.6) is 0 Å². The molecule has 1 saturated heterocycles. The van der Waals surface area contributed by atoms with Gasteiger partial charge in [0.25, 0.3) is 0 Å². The minimum Gasteiger partial charge on any atom is -0.366 e. The van der Waals surface area contributed by atoms with Crippen molar-refractivity contribution in [3.8, 4) is 0 Å². The standard InChI is InChI=1S/C16H25BrN2/c1-10(2)15-9-19(13(5)8-18-15)16-11(3)6-14(17)7-12(16)4/h6-7,10,13,15,18H,8-9H2,1-5H3. The molecule has 19 heavy (non-hydrogen) atoms. The average molecular weight is 325 g/mol. The zero-order chi connectivity index (χ0) is 14.2. The Hall–Kier alpha value is -0.540. The molecule has 106 valence electrons. The third-order valence-electron chi connectivity index (χ3n) is 4.15. The Morgan fingerprint density at radius 1 is 1.26 bits per heavy atom. The molecule has 1 heterocycles. The summed E-state index contributed by atoms with van der Waals surface area (Å²) in [6.45, 7) is 13.5. The minimum absolute atomic E-state index is 0.550. The van der Waals surface area contributed by atoms with Gasteiger partial charge in [0, 0.05) is 35.3 Å². The molecular formula is C16H25BrN2. The van der Waals surface area contributed by atoms with E-state index in [1.807, 2.05) is 0 Å². The maximum absolute atomic E-state index is 3.67. The van der Waals surface area contributed by atoms with Gasteiger partial charge < -0.3 is 10.2 Å². The number of anilines is 1. The maximum Gasteiger partial charge on any atom is 0.0429 e. The van der Waals surface area contributed by atoms with E-state index in [4.69, 9.17) is 0 Å². The van der Waals surface area contributed by atoms with Crippen LogP contribution in [0.1, 0.15) is 31.9 Å². The van der Waals surface area contributed by atoms with Crippen LogP contribution in [0.25, 0.3) is 0 Å². The molecule has 1 N–H and O–H groups in total. The van der Waals surface area contributed by atoms with E-state index < -0.39 is 0 Å². The first kappa shape index (κ1) is 14.9. The molecule has 2 nitrogen and oxygen atoms in total. The highest BCUT2D eigenvalue weighted by atomic mass is 79.9. The molecule has 2 unspecified atom stereocenters. The van der Waals surface area contributed by atoms with Gasteiger partial charge in [0.2, 0.25) is 0 Å². The van der Waals surface area contributed by atoms with E-state index in [-0.39, 0.29) is 0 Å². The van der Waals surface area contributed by atoms with Gasteiger partial charge in [-0.1, -0.05) is 29.8 Å². The number of hydrogen-bond donors (Lipinski definition) is 1. The molecule has 0 bridgehead atoms. The van der Waals surface area contributed by atoms with Crippen molar-refractivity contribution in [2.75, 3.05) is 18.0 Å². The molecule has 0 spiro atoms. The van der Waals surface area contributed by atoms with E-state index in [9.17, 15) is 0 Å². The molecule has 0 saturated carbocycles. The fourth-order valence-electron chi connectivity index (χ4n) is 3.00. The van der Waals surface area contributed by atoms with Gasteiger partial charge in [0.15, 0.2) is 0 Å². The first-order valence-corrected chi connectivity index (χ1v) is 7.96. The van der Waals surface area contributed by atoms with Gasteiger partial charge >= 0.3 is 0 Å². The summed E-state index contributed by atoms with van der Waals surface area (Å²) >= 11 is 3.59. The summed E-state index contributed by atoms with van der Waals surface area (Å²) < 4.78 is 1.18. The molecule has 2 atom stereocenters. The summed E-state index contributed by atoms with van der Waals surface area (Å²) in [5, 5.41) is 3.67. The summed E-state index contributed by atoms with van der Waals surface area (Å²) in [6, 6.07) is 5.58. The van der Waals surface area contributed by atoms with Gasteiger partial charge in [0.1, 0.15) is 0 Å². The quantitative estimate of drug-likeness (QED) is 0.887. The van der Waals surface area contributed by atoms with E-state index in [0.29, 0.717) is 18.0 Å². The molecule has 0 aromatic heterocycles. The van der Waals surface area contributed by atoms with Gasteiger partial charge in [-0.05, 0) is 49.9 Å². The van der Waals surface area contributed by atoms with E-state index in [2.05, 4.69) is 72.9 Å². The van der Waals surface area contributed by atoms with Crippen LogP contribution < -0.4 is 10.2 Å². The summed E-state index contributed by atoms with van der Waals surface area (Å²) in [4.78, 5) is 2.58. The highest BCUT2D eigenvalue weighted by Gasteiger charge is 2.28. The van der Waals surface area contributed by atoms with Crippen molar-refractivity contribution in [2.45, 2.75) is 46.7 Å². The average Bonchev–Trinajstić information content (AvgIpc) is 2.29. The predicted molar refractivity (Wildman–Crippen MR) is 87.1 cm³/mol. The van der Waals surface area contributed by atoms with Crippen molar-refractivity contribution in [3.05, 3.63) is 27.7 Å². The number of benzene rings is 1. The lowest BCUT2D eigenvalue weighted by molar-refractivity contribution is 0.336. The van der Waals surface area contributed by atoms with Crippen LogP contribution in [-0.2, 0) is 0 Å². The molecule has 3 heteroatoms. The zero-order valence-corrected chi connectivity index (χ0v) is 14.2. The third-order valence-corrected chi connectivity index (χ3v) is 4.61. The number of nitrogens with zero attached hydrogens (tertiary/aromatic N) is 1. The minimum atomic E-state index is 0.550. The molecule has 1 fully saturated rings. The fraction of sp³-hybridized carbons (Fsp3) is 0.625.